The molecule has 0 radical (unpaired) electrons. The van der Waals surface area contributed by atoms with Crippen LogP contribution in [0.2, 0.25) is 5.02 Å². The van der Waals surface area contributed by atoms with E-state index in [9.17, 15) is 0 Å². The molecule has 0 fully saturated rings. The summed E-state index contributed by atoms with van der Waals surface area (Å²) in [5.74, 6) is 1.55. The van der Waals surface area contributed by atoms with Crippen molar-refractivity contribution < 1.29 is 9.47 Å². The number of thioether (sulfide) groups is 1. The number of nitrogen functional groups attached to an aromatic ring is 1. The second-order valence-electron chi connectivity index (χ2n) is 4.60. The minimum Gasteiger partial charge on any atom is -0.494 e. The normalized spacial score (nSPS) is 10.5. The monoisotopic (exact) mass is 337 g/mol. The SMILES string of the molecule is CCOc1cc(OCC)c(-c2cc(Cl)ccc2N)c(SC)c1. The quantitative estimate of drug-likeness (QED) is 0.587. The minimum absolute atomic E-state index is 0.566. The zero-order chi connectivity index (χ0) is 16.1. The van der Waals surface area contributed by atoms with Crippen LogP contribution >= 0.6 is 23.4 Å². The predicted molar refractivity (Wildman–Crippen MR) is 95.4 cm³/mol. The lowest BCUT2D eigenvalue weighted by molar-refractivity contribution is 0.322. The number of hydrogen-bond donors (Lipinski definition) is 1. The van der Waals surface area contributed by atoms with E-state index in [0.717, 1.165) is 27.5 Å². The number of ether oxygens (including phenoxy) is 2. The maximum atomic E-state index is 6.15. The molecule has 22 heavy (non-hydrogen) atoms. The highest BCUT2D eigenvalue weighted by Crippen LogP contribution is 2.44. The molecule has 5 heteroatoms. The first-order chi connectivity index (χ1) is 10.6. The van der Waals surface area contributed by atoms with Gasteiger partial charge in [0.1, 0.15) is 11.5 Å². The summed E-state index contributed by atoms with van der Waals surface area (Å²) in [6, 6.07) is 9.38. The molecular weight excluding hydrogens is 318 g/mol. The molecule has 0 saturated carbocycles. The molecule has 2 rings (SSSR count). The van der Waals surface area contributed by atoms with Gasteiger partial charge in [-0.1, -0.05) is 11.6 Å². The van der Waals surface area contributed by atoms with Crippen LogP contribution in [-0.4, -0.2) is 19.5 Å². The first kappa shape index (κ1) is 16.8. The van der Waals surface area contributed by atoms with E-state index in [-0.39, 0.29) is 0 Å². The summed E-state index contributed by atoms with van der Waals surface area (Å²) in [6.45, 7) is 5.09. The van der Waals surface area contributed by atoms with Crippen molar-refractivity contribution >= 4 is 29.1 Å². The van der Waals surface area contributed by atoms with Crippen LogP contribution < -0.4 is 15.2 Å². The van der Waals surface area contributed by atoms with Gasteiger partial charge in [0, 0.05) is 32.8 Å². The molecule has 2 N–H and O–H groups in total. The van der Waals surface area contributed by atoms with Crippen LogP contribution in [0.1, 0.15) is 13.8 Å². The number of halogens is 1. The van der Waals surface area contributed by atoms with E-state index < -0.39 is 0 Å². The minimum atomic E-state index is 0.566. The van der Waals surface area contributed by atoms with Crippen LogP contribution in [0.15, 0.2) is 35.2 Å². The van der Waals surface area contributed by atoms with Gasteiger partial charge < -0.3 is 15.2 Å². The summed E-state index contributed by atoms with van der Waals surface area (Å²) in [5, 5.41) is 0.646. The van der Waals surface area contributed by atoms with E-state index in [0.29, 0.717) is 23.9 Å². The zero-order valence-corrected chi connectivity index (χ0v) is 14.6. The maximum absolute atomic E-state index is 6.15. The molecule has 0 atom stereocenters. The molecule has 0 saturated heterocycles. The third kappa shape index (κ3) is 3.62. The summed E-state index contributed by atoms with van der Waals surface area (Å²) in [7, 11) is 0. The maximum Gasteiger partial charge on any atom is 0.131 e. The fourth-order valence-electron chi connectivity index (χ4n) is 2.26. The third-order valence-corrected chi connectivity index (χ3v) is 4.15. The Labute approximate surface area is 140 Å². The van der Waals surface area contributed by atoms with Crippen molar-refractivity contribution in [2.75, 3.05) is 25.2 Å². The van der Waals surface area contributed by atoms with Gasteiger partial charge in [0.25, 0.3) is 0 Å². The number of hydrogen-bond acceptors (Lipinski definition) is 4. The molecule has 0 bridgehead atoms. The Morgan fingerprint density at radius 3 is 2.45 bits per heavy atom. The van der Waals surface area contributed by atoms with Crippen molar-refractivity contribution in [3.63, 3.8) is 0 Å². The smallest absolute Gasteiger partial charge is 0.131 e. The lowest BCUT2D eigenvalue weighted by atomic mass is 10.0. The lowest BCUT2D eigenvalue weighted by Gasteiger charge is -2.18. The van der Waals surface area contributed by atoms with Gasteiger partial charge in [0.05, 0.1) is 13.2 Å². The Balaban J connectivity index is 2.68. The van der Waals surface area contributed by atoms with Crippen molar-refractivity contribution in [3.8, 4) is 22.6 Å². The predicted octanol–water partition coefficient (Wildman–Crippen LogP) is 5.11. The summed E-state index contributed by atoms with van der Waals surface area (Å²) >= 11 is 7.77. The lowest BCUT2D eigenvalue weighted by Crippen LogP contribution is -2.00. The summed E-state index contributed by atoms with van der Waals surface area (Å²) < 4.78 is 11.5. The Kier molecular flexibility index (Phi) is 5.86. The molecule has 0 amide bonds. The highest BCUT2D eigenvalue weighted by Gasteiger charge is 2.17. The van der Waals surface area contributed by atoms with E-state index >= 15 is 0 Å². The van der Waals surface area contributed by atoms with Gasteiger partial charge >= 0.3 is 0 Å². The average Bonchev–Trinajstić information content (AvgIpc) is 2.50. The Bertz CT molecular complexity index is 661. The summed E-state index contributed by atoms with van der Waals surface area (Å²) in [5.41, 5.74) is 8.66. The first-order valence-corrected chi connectivity index (χ1v) is 8.74. The van der Waals surface area contributed by atoms with Crippen LogP contribution in [0.5, 0.6) is 11.5 Å². The molecule has 0 aliphatic carbocycles. The van der Waals surface area contributed by atoms with Crippen molar-refractivity contribution in [2.45, 2.75) is 18.7 Å². The van der Waals surface area contributed by atoms with E-state index in [1.54, 1.807) is 17.8 Å². The van der Waals surface area contributed by atoms with Crippen LogP contribution in [0.3, 0.4) is 0 Å². The van der Waals surface area contributed by atoms with Gasteiger partial charge in [-0.05, 0) is 44.4 Å². The highest BCUT2D eigenvalue weighted by molar-refractivity contribution is 7.98. The van der Waals surface area contributed by atoms with Crippen molar-refractivity contribution in [3.05, 3.63) is 35.4 Å². The fourth-order valence-corrected chi connectivity index (χ4v) is 3.08. The highest BCUT2D eigenvalue weighted by atomic mass is 35.5. The molecule has 2 aromatic carbocycles. The van der Waals surface area contributed by atoms with E-state index in [1.807, 2.05) is 44.4 Å². The molecule has 0 aromatic heterocycles. The van der Waals surface area contributed by atoms with Crippen LogP contribution in [0, 0.1) is 0 Å². The van der Waals surface area contributed by atoms with Gasteiger partial charge in [-0.2, -0.15) is 0 Å². The number of nitrogens with two attached hydrogens (primary N) is 1. The van der Waals surface area contributed by atoms with Crippen LogP contribution in [0.25, 0.3) is 11.1 Å². The fraction of sp³-hybridized carbons (Fsp3) is 0.294. The largest absolute Gasteiger partial charge is 0.494 e. The average molecular weight is 338 g/mol. The molecule has 118 valence electrons. The number of rotatable bonds is 6. The third-order valence-electron chi connectivity index (χ3n) is 3.15. The summed E-state index contributed by atoms with van der Waals surface area (Å²) in [4.78, 5) is 1.04. The topological polar surface area (TPSA) is 44.5 Å². The van der Waals surface area contributed by atoms with E-state index in [4.69, 9.17) is 26.8 Å². The van der Waals surface area contributed by atoms with E-state index in [2.05, 4.69) is 0 Å². The first-order valence-electron chi connectivity index (χ1n) is 7.13. The van der Waals surface area contributed by atoms with Gasteiger partial charge in [-0.3, -0.25) is 0 Å². The second-order valence-corrected chi connectivity index (χ2v) is 5.88. The van der Waals surface area contributed by atoms with Gasteiger partial charge in [-0.15, -0.1) is 11.8 Å². The van der Waals surface area contributed by atoms with Crippen molar-refractivity contribution in [1.29, 1.82) is 0 Å². The molecule has 0 unspecified atom stereocenters. The van der Waals surface area contributed by atoms with Gasteiger partial charge in [0.2, 0.25) is 0 Å². The Morgan fingerprint density at radius 2 is 1.82 bits per heavy atom. The molecule has 0 aliphatic heterocycles. The molecule has 3 nitrogen and oxygen atoms in total. The Hall–Kier alpha value is -1.52. The summed E-state index contributed by atoms with van der Waals surface area (Å²) in [6.07, 6.45) is 2.02. The molecule has 0 heterocycles. The molecule has 2 aromatic rings. The van der Waals surface area contributed by atoms with Crippen LogP contribution in [0.4, 0.5) is 5.69 Å². The van der Waals surface area contributed by atoms with Crippen LogP contribution in [-0.2, 0) is 0 Å². The van der Waals surface area contributed by atoms with Gasteiger partial charge in [-0.25, -0.2) is 0 Å². The molecule has 0 spiro atoms. The van der Waals surface area contributed by atoms with Gasteiger partial charge in [0.15, 0.2) is 0 Å². The second kappa shape index (κ2) is 7.65. The Morgan fingerprint density at radius 1 is 1.09 bits per heavy atom. The molecule has 0 aliphatic rings. The standard InChI is InChI=1S/C17H20ClNO2S/c1-4-20-12-9-15(21-5-2)17(16(10-12)22-3)13-8-11(18)6-7-14(13)19/h6-10H,4-5,19H2,1-3H3. The number of anilines is 1. The zero-order valence-electron chi connectivity index (χ0n) is 13.0. The number of benzene rings is 2. The van der Waals surface area contributed by atoms with Crippen molar-refractivity contribution in [1.82, 2.24) is 0 Å². The molecular formula is C17H20ClNO2S. The van der Waals surface area contributed by atoms with Crippen molar-refractivity contribution in [2.24, 2.45) is 0 Å². The van der Waals surface area contributed by atoms with E-state index in [1.165, 1.54) is 0 Å².